The first-order valence-electron chi connectivity index (χ1n) is 12.3. The van der Waals surface area contributed by atoms with E-state index in [-0.39, 0.29) is 31.2 Å². The van der Waals surface area contributed by atoms with E-state index in [0.29, 0.717) is 35.9 Å². The number of anilines is 2. The predicted molar refractivity (Wildman–Crippen MR) is 140 cm³/mol. The Labute approximate surface area is 221 Å². The van der Waals surface area contributed by atoms with E-state index in [1.807, 2.05) is 26.8 Å². The van der Waals surface area contributed by atoms with Gasteiger partial charge in [-0.3, -0.25) is 19.9 Å². The van der Waals surface area contributed by atoms with Crippen LogP contribution in [0.25, 0.3) is 0 Å². The van der Waals surface area contributed by atoms with E-state index in [1.165, 1.54) is 7.11 Å². The number of rotatable bonds is 12. The molecule has 1 aromatic carbocycles. The predicted octanol–water partition coefficient (Wildman–Crippen LogP) is 3.41. The molecule has 1 atom stereocenters. The maximum atomic E-state index is 12.9. The molecule has 204 valence electrons. The van der Waals surface area contributed by atoms with Gasteiger partial charge in [0.1, 0.15) is 24.4 Å². The van der Waals surface area contributed by atoms with Crippen molar-refractivity contribution in [1.82, 2.24) is 20.3 Å². The number of urea groups is 1. The lowest BCUT2D eigenvalue weighted by Crippen LogP contribution is -2.48. The number of carbonyl (C=O) groups excluding carboxylic acids is 2. The Bertz CT molecular complexity index is 1170. The molecule has 1 aliphatic rings. The number of nitrogens with one attached hydrogen (secondary N) is 3. The van der Waals surface area contributed by atoms with Crippen molar-refractivity contribution in [3.8, 4) is 5.75 Å². The summed E-state index contributed by atoms with van der Waals surface area (Å²) in [5.74, 6) is 0.00219. The Hall–Kier alpha value is -4.42. The van der Waals surface area contributed by atoms with Crippen LogP contribution in [-0.2, 0) is 16.0 Å². The highest BCUT2D eigenvalue weighted by Crippen LogP contribution is 2.26. The number of methoxy groups -OCH3 is 1. The highest BCUT2D eigenvalue weighted by atomic mass is 16.5. The summed E-state index contributed by atoms with van der Waals surface area (Å²) >= 11 is 0. The van der Waals surface area contributed by atoms with Crippen molar-refractivity contribution in [1.29, 1.82) is 0 Å². The van der Waals surface area contributed by atoms with E-state index >= 15 is 0 Å². The number of aryl methyl sites for hydroxylation is 1. The molecule has 3 amide bonds. The number of carboxylic acids is 1. The highest BCUT2D eigenvalue weighted by molar-refractivity contribution is 6.00. The fraction of sp³-hybridized carbons (Fsp3) is 0.440. The van der Waals surface area contributed by atoms with Crippen molar-refractivity contribution < 1.29 is 24.2 Å². The lowest BCUT2D eigenvalue weighted by molar-refractivity contribution is -0.137. The maximum absolute atomic E-state index is 12.9. The van der Waals surface area contributed by atoms with Crippen LogP contribution in [0.1, 0.15) is 37.8 Å². The Balaban J connectivity index is 1.60. The number of hydrogen-bond donors (Lipinski definition) is 4. The molecule has 0 aliphatic carbocycles. The van der Waals surface area contributed by atoms with Crippen molar-refractivity contribution in [3.63, 3.8) is 0 Å². The average molecular weight is 527 g/mol. The summed E-state index contributed by atoms with van der Waals surface area (Å²) in [6.45, 7) is 6.44. The molecule has 0 radical (unpaired) electrons. The van der Waals surface area contributed by atoms with E-state index in [9.17, 15) is 14.4 Å². The van der Waals surface area contributed by atoms with Crippen LogP contribution in [0.15, 0.2) is 47.0 Å². The standard InChI is InChI=1S/C25H34N8O5/c1-16(2)12-21(33-15-32(30-31-33)11-9-23(35)36)28-22(34)14-18-7-8-19(20(13-18)38-4)27-25(37)29-24-17(3)6-5-10-26-24/h5-8,10,13,16,21H,9,11-12,14-15H2,1-4H3,(H,28,34)(H,35,36)(H2,26,27,29,37). The van der Waals surface area contributed by atoms with E-state index < -0.39 is 18.2 Å². The van der Waals surface area contributed by atoms with Gasteiger partial charge in [-0.25, -0.2) is 14.8 Å². The SMILES string of the molecule is COc1cc(CC(=O)NC(CC(C)C)N2CN(CCC(=O)O)N=N2)ccc1NC(=O)Nc1ncccc1C. The van der Waals surface area contributed by atoms with Crippen LogP contribution in [0.5, 0.6) is 5.75 Å². The van der Waals surface area contributed by atoms with Gasteiger partial charge in [0, 0.05) is 6.20 Å². The fourth-order valence-corrected chi connectivity index (χ4v) is 3.78. The molecule has 13 nitrogen and oxygen atoms in total. The number of hydrogen-bond acceptors (Lipinski definition) is 9. The lowest BCUT2D eigenvalue weighted by Gasteiger charge is -2.28. The number of ether oxygens (including phenoxy) is 1. The van der Waals surface area contributed by atoms with Crippen LogP contribution in [0, 0.1) is 12.8 Å². The van der Waals surface area contributed by atoms with E-state index in [0.717, 1.165) is 5.56 Å². The van der Waals surface area contributed by atoms with Gasteiger partial charge in [-0.05, 0) is 53.8 Å². The Morgan fingerprint density at radius 2 is 1.95 bits per heavy atom. The molecule has 3 rings (SSSR count). The van der Waals surface area contributed by atoms with Crippen molar-refractivity contribution >= 4 is 29.4 Å². The Kier molecular flexibility index (Phi) is 9.79. The molecule has 0 saturated heterocycles. The van der Waals surface area contributed by atoms with Crippen molar-refractivity contribution in [2.24, 2.45) is 16.4 Å². The second-order valence-corrected chi connectivity index (χ2v) is 9.31. The molecule has 4 N–H and O–H groups in total. The zero-order chi connectivity index (χ0) is 27.7. The van der Waals surface area contributed by atoms with Crippen molar-refractivity contribution in [3.05, 3.63) is 47.7 Å². The summed E-state index contributed by atoms with van der Waals surface area (Å²) in [5, 5.41) is 28.7. The Morgan fingerprint density at radius 3 is 2.63 bits per heavy atom. The molecule has 0 fully saturated rings. The molecular weight excluding hydrogens is 492 g/mol. The van der Waals surface area contributed by atoms with Crippen LogP contribution in [0.3, 0.4) is 0 Å². The minimum absolute atomic E-state index is 0.0504. The summed E-state index contributed by atoms with van der Waals surface area (Å²) in [4.78, 5) is 40.4. The number of benzene rings is 1. The third-order valence-corrected chi connectivity index (χ3v) is 5.68. The van der Waals surface area contributed by atoms with Gasteiger partial charge in [-0.2, -0.15) is 0 Å². The van der Waals surface area contributed by atoms with Crippen molar-refractivity contribution in [2.45, 2.75) is 46.2 Å². The summed E-state index contributed by atoms with van der Waals surface area (Å²) in [6, 6.07) is 8.27. The van der Waals surface area contributed by atoms with E-state index in [4.69, 9.17) is 9.84 Å². The van der Waals surface area contributed by atoms with Crippen LogP contribution in [-0.4, -0.2) is 64.5 Å². The smallest absolute Gasteiger partial charge is 0.324 e. The minimum Gasteiger partial charge on any atom is -0.495 e. The van der Waals surface area contributed by atoms with E-state index in [2.05, 4.69) is 31.4 Å². The van der Waals surface area contributed by atoms with Gasteiger partial charge >= 0.3 is 12.0 Å². The van der Waals surface area contributed by atoms with Crippen LogP contribution < -0.4 is 20.7 Å². The normalized spacial score (nSPS) is 13.4. The molecule has 0 saturated carbocycles. The molecule has 13 heteroatoms. The number of carbonyl (C=O) groups is 3. The quantitative estimate of drug-likeness (QED) is 0.327. The second kappa shape index (κ2) is 13.2. The summed E-state index contributed by atoms with van der Waals surface area (Å²) in [6.07, 6.45) is 1.86. The Morgan fingerprint density at radius 1 is 1.16 bits per heavy atom. The number of pyridine rings is 1. The first kappa shape index (κ1) is 28.2. The first-order chi connectivity index (χ1) is 18.1. The summed E-state index contributed by atoms with van der Waals surface area (Å²) in [5.41, 5.74) is 1.97. The molecule has 2 aromatic rings. The van der Waals surface area contributed by atoms with Crippen LogP contribution in [0.2, 0.25) is 0 Å². The highest BCUT2D eigenvalue weighted by Gasteiger charge is 2.26. The molecule has 38 heavy (non-hydrogen) atoms. The van der Waals surface area contributed by atoms with Gasteiger partial charge in [0.05, 0.1) is 32.2 Å². The molecule has 2 heterocycles. The van der Waals surface area contributed by atoms with E-state index in [1.54, 1.807) is 40.5 Å². The fourth-order valence-electron chi connectivity index (χ4n) is 3.78. The molecule has 1 aromatic heterocycles. The molecule has 0 bridgehead atoms. The van der Waals surface area contributed by atoms with Gasteiger partial charge in [0.15, 0.2) is 0 Å². The zero-order valence-corrected chi connectivity index (χ0v) is 22.0. The molecule has 1 unspecified atom stereocenters. The topological polar surface area (TPSA) is 161 Å². The third kappa shape index (κ3) is 8.32. The van der Waals surface area contributed by atoms with Gasteiger partial charge in [-0.1, -0.05) is 31.2 Å². The van der Waals surface area contributed by atoms with Crippen molar-refractivity contribution in [2.75, 3.05) is 31.0 Å². The summed E-state index contributed by atoms with van der Waals surface area (Å²) in [7, 11) is 1.48. The number of nitrogens with zero attached hydrogens (tertiary/aromatic N) is 5. The lowest BCUT2D eigenvalue weighted by atomic mass is 10.1. The number of aliphatic carboxylic acids is 1. The van der Waals surface area contributed by atoms with Gasteiger partial charge in [0.25, 0.3) is 0 Å². The van der Waals surface area contributed by atoms with Gasteiger partial charge < -0.3 is 20.5 Å². The average Bonchev–Trinajstić information content (AvgIpc) is 3.33. The molecular formula is C25H34N8O5. The molecule has 0 spiro atoms. The zero-order valence-electron chi connectivity index (χ0n) is 22.0. The van der Waals surface area contributed by atoms with Gasteiger partial charge in [0.2, 0.25) is 5.91 Å². The first-order valence-corrected chi connectivity index (χ1v) is 12.3. The largest absolute Gasteiger partial charge is 0.495 e. The number of amides is 3. The number of carboxylic acid groups (broad SMARTS) is 1. The number of aromatic nitrogens is 1. The minimum atomic E-state index is -0.911. The van der Waals surface area contributed by atoms with Crippen LogP contribution >= 0.6 is 0 Å². The maximum Gasteiger partial charge on any atom is 0.324 e. The van der Waals surface area contributed by atoms with Crippen LogP contribution in [0.4, 0.5) is 16.3 Å². The third-order valence-electron chi connectivity index (χ3n) is 5.68. The van der Waals surface area contributed by atoms with Gasteiger partial charge in [-0.15, -0.1) is 0 Å². The second-order valence-electron chi connectivity index (χ2n) is 9.31. The summed E-state index contributed by atoms with van der Waals surface area (Å²) < 4.78 is 5.44. The monoisotopic (exact) mass is 526 g/mol. The molecule has 1 aliphatic heterocycles.